The number of guanidine groups is 6. The minimum atomic E-state index is -3.55. The Morgan fingerprint density at radius 1 is 0.290 bits per heavy atom. The van der Waals surface area contributed by atoms with Crippen molar-refractivity contribution < 1.29 is 0 Å². The molecule has 0 saturated carbocycles. The summed E-state index contributed by atoms with van der Waals surface area (Å²) in [5, 5.41) is 1.66. The maximum absolute atomic E-state index is 5.66. The Labute approximate surface area is 374 Å². The predicted molar refractivity (Wildman–Crippen MR) is 271 cm³/mol. The lowest BCUT2D eigenvalue weighted by molar-refractivity contribution is 0.482. The third-order valence-corrected chi connectivity index (χ3v) is 12.1. The first-order valence-corrected chi connectivity index (χ1v) is 23.2. The molecule has 0 fully saturated rings. The van der Waals surface area contributed by atoms with Crippen LogP contribution in [0.4, 0.5) is 11.4 Å². The van der Waals surface area contributed by atoms with Crippen LogP contribution in [0.3, 0.4) is 0 Å². The van der Waals surface area contributed by atoms with Crippen LogP contribution in [0.1, 0.15) is 0 Å². The third-order valence-electron chi connectivity index (χ3n) is 8.49. The number of hydrogen-bond acceptors (Lipinski definition) is 2. The third kappa shape index (κ3) is 13.9. The van der Waals surface area contributed by atoms with Gasteiger partial charge >= 0.3 is 15.0 Å². The van der Waals surface area contributed by atoms with Gasteiger partial charge < -0.3 is 58.8 Å². The normalized spacial score (nSPS) is 10.9. The molecule has 0 aliphatic heterocycles. The van der Waals surface area contributed by atoms with E-state index in [2.05, 4.69) is 12.1 Å². The molecule has 0 amide bonds. The molecule has 0 radical (unpaired) electrons. The van der Waals surface area contributed by atoms with Gasteiger partial charge in [-0.05, 0) is 17.5 Å². The zero-order valence-electron chi connectivity index (χ0n) is 42.3. The summed E-state index contributed by atoms with van der Waals surface area (Å²) in [6.07, 6.45) is 0. The second-order valence-electron chi connectivity index (χ2n) is 17.1. The topological polar surface area (TPSA) is 138 Å². The van der Waals surface area contributed by atoms with Crippen molar-refractivity contribution in [2.24, 2.45) is 38.1 Å². The predicted octanol–water partition coefficient (Wildman–Crippen LogP) is 4.87. The molecule has 0 bridgehead atoms. The molecule has 0 atom stereocenters. The van der Waals surface area contributed by atoms with Crippen LogP contribution in [-0.2, 0) is 0 Å². The van der Waals surface area contributed by atoms with Crippen molar-refractivity contribution in [3.05, 3.63) is 36.4 Å². The maximum atomic E-state index is 5.66. The lowest BCUT2D eigenvalue weighted by atomic mass is 10.1. The fraction of sp³-hybridized carbons (Fsp3) is 0.600. The van der Waals surface area contributed by atoms with Gasteiger partial charge in [-0.25, -0.2) is 9.49 Å². The molecule has 20 nitrogen and oxygen atoms in total. The average molecular weight is 901 g/mol. The van der Waals surface area contributed by atoms with Crippen LogP contribution in [0.25, 0.3) is 10.8 Å². The van der Waals surface area contributed by atoms with E-state index in [4.69, 9.17) is 38.1 Å². The van der Waals surface area contributed by atoms with Gasteiger partial charge in [0.1, 0.15) is 0 Å². The fourth-order valence-electron chi connectivity index (χ4n) is 6.22. The maximum Gasteiger partial charge on any atom is 0.314 e. The van der Waals surface area contributed by atoms with Crippen LogP contribution in [-0.4, -0.2) is 264 Å². The van der Waals surface area contributed by atoms with E-state index in [0.717, 1.165) is 10.8 Å². The molecule has 0 heterocycles. The van der Waals surface area contributed by atoms with Crippen LogP contribution in [0.5, 0.6) is 0 Å². The largest absolute Gasteiger partial charge is 0.349 e. The van der Waals surface area contributed by atoms with Crippen molar-refractivity contribution >= 4 is 72.9 Å². The molecule has 2 rings (SSSR count). The summed E-state index contributed by atoms with van der Waals surface area (Å²) in [6.45, 7) is 0. The van der Waals surface area contributed by atoms with E-state index in [9.17, 15) is 0 Å². The van der Waals surface area contributed by atoms with E-state index in [0.29, 0.717) is 47.1 Å². The Morgan fingerprint density at radius 3 is 0.629 bits per heavy atom. The highest BCUT2D eigenvalue weighted by molar-refractivity contribution is 7.63. The summed E-state index contributed by atoms with van der Waals surface area (Å²) in [7, 11) is 39.9. The molecule has 0 aliphatic rings. The minimum absolute atomic E-state index is 0.605. The summed E-state index contributed by atoms with van der Waals surface area (Å²) < 4.78 is 44.1. The van der Waals surface area contributed by atoms with E-state index in [1.807, 2.05) is 252 Å². The van der Waals surface area contributed by atoms with Gasteiger partial charge in [0.25, 0.3) is 0 Å². The fourth-order valence-corrected chi connectivity index (χ4v) is 11.3. The Kier molecular flexibility index (Phi) is 19.0. The van der Waals surface area contributed by atoms with Crippen molar-refractivity contribution in [2.75, 3.05) is 169 Å². The molecule has 0 spiro atoms. The van der Waals surface area contributed by atoms with Gasteiger partial charge in [0.2, 0.25) is 35.8 Å². The molecule has 0 aliphatic carbocycles. The number of fused-ring (bicyclic) bond motifs is 1. The minimum Gasteiger partial charge on any atom is -0.349 e. The van der Waals surface area contributed by atoms with Crippen molar-refractivity contribution in [3.63, 3.8) is 0 Å². The lowest BCUT2D eigenvalue weighted by Gasteiger charge is -2.29. The molecule has 0 unspecified atom stereocenters. The van der Waals surface area contributed by atoms with Crippen LogP contribution in [0.2, 0.25) is 0 Å². The molecule has 0 aromatic heterocycles. The highest BCUT2D eigenvalue weighted by atomic mass is 31.2. The Hall–Kier alpha value is -5.22. The lowest BCUT2D eigenvalue weighted by Crippen LogP contribution is -2.37. The SMILES string of the molecule is CN(C)C(=NP(N=C(N(C)C)N(C)C)(N=C(N(C)C)N(C)C)=Nc1cccc2cccc(N=P(N=C(N(C)C)N(C)C)(N=C(N(C)C)N(C)C)N=C(N(C)C)N(C)C)c12)N(C)C. The van der Waals surface area contributed by atoms with E-state index < -0.39 is 15.0 Å². The zero-order valence-corrected chi connectivity index (χ0v) is 44.1. The molecular formula is C40H78N20P2. The molecule has 2 aromatic carbocycles. The van der Waals surface area contributed by atoms with Gasteiger partial charge in [-0.3, -0.25) is 0 Å². The van der Waals surface area contributed by atoms with Crippen molar-refractivity contribution in [1.29, 1.82) is 0 Å². The molecule has 22 heteroatoms. The van der Waals surface area contributed by atoms with Crippen molar-refractivity contribution in [3.8, 4) is 0 Å². The van der Waals surface area contributed by atoms with Crippen molar-refractivity contribution in [1.82, 2.24) is 58.8 Å². The number of benzene rings is 2. The Bertz CT molecular complexity index is 1750. The number of hydrogen-bond donors (Lipinski definition) is 0. The summed E-state index contributed by atoms with van der Waals surface area (Å²) in [4.78, 5) is 23.4. The van der Waals surface area contributed by atoms with E-state index in [-0.39, 0.29) is 0 Å². The first kappa shape index (κ1) is 52.9. The molecule has 0 saturated heterocycles. The number of rotatable bonds is 8. The van der Waals surface area contributed by atoms with E-state index >= 15 is 0 Å². The van der Waals surface area contributed by atoms with Gasteiger partial charge in [0.15, 0.2) is 0 Å². The molecule has 2 aromatic rings. The molecule has 0 N–H and O–H groups in total. The van der Waals surface area contributed by atoms with E-state index in [1.54, 1.807) is 0 Å². The zero-order chi connectivity index (χ0) is 47.6. The second kappa shape index (κ2) is 22.2. The smallest absolute Gasteiger partial charge is 0.314 e. The van der Waals surface area contributed by atoms with Crippen LogP contribution >= 0.6 is 15.0 Å². The quantitative estimate of drug-likeness (QED) is 0.203. The molecular weight excluding hydrogens is 823 g/mol. The Morgan fingerprint density at radius 2 is 0.468 bits per heavy atom. The standard InChI is InChI=1S/C40H78N20P2/c1-49(2)35(50(3)4)43-61(44-36(51(5)6)52(7)8,45-37(53(9)10)54(11)12)41-32-29-25-27-31-28-26-30-33(34(31)32)42-62(46-38(55(13)14)56(15)16,47-39(57(17)18)58(19)20)48-40(59(21)22)60(23)24/h25-30H,1-24H3. The van der Waals surface area contributed by atoms with Gasteiger partial charge in [0.05, 0.1) is 11.4 Å². The summed E-state index contributed by atoms with van der Waals surface area (Å²) in [6, 6.07) is 12.1. The highest BCUT2D eigenvalue weighted by Gasteiger charge is 2.29. The molecule has 62 heavy (non-hydrogen) atoms. The van der Waals surface area contributed by atoms with Crippen LogP contribution in [0.15, 0.2) is 74.5 Å². The monoisotopic (exact) mass is 901 g/mol. The first-order chi connectivity index (χ1) is 28.6. The molecule has 348 valence electrons. The first-order valence-electron chi connectivity index (χ1n) is 20.0. The average Bonchev–Trinajstić information content (AvgIpc) is 3.13. The van der Waals surface area contributed by atoms with Crippen molar-refractivity contribution in [2.45, 2.75) is 0 Å². The van der Waals surface area contributed by atoms with Gasteiger partial charge in [0, 0.05) is 175 Å². The Balaban J connectivity index is 3.80. The van der Waals surface area contributed by atoms with Crippen LogP contribution < -0.4 is 0 Å². The summed E-state index contributed by atoms with van der Waals surface area (Å²) in [5.74, 6) is 3.90. The summed E-state index contributed by atoms with van der Waals surface area (Å²) >= 11 is 0. The highest BCUT2D eigenvalue weighted by Crippen LogP contribution is 2.61. The number of nitrogens with zero attached hydrogens (tertiary/aromatic N) is 20. The van der Waals surface area contributed by atoms with Gasteiger partial charge in [-0.1, -0.05) is 24.3 Å². The van der Waals surface area contributed by atoms with Gasteiger partial charge in [-0.15, -0.1) is 0 Å². The van der Waals surface area contributed by atoms with Gasteiger partial charge in [-0.2, -0.15) is 28.6 Å². The summed E-state index contributed by atoms with van der Waals surface area (Å²) in [5.41, 5.74) is 1.21. The van der Waals surface area contributed by atoms with Crippen LogP contribution in [0, 0.1) is 0 Å². The second-order valence-corrected chi connectivity index (χ2v) is 20.8. The van der Waals surface area contributed by atoms with E-state index in [1.165, 1.54) is 0 Å².